The molecule has 6 heteroatoms. The average molecular weight is 402 g/mol. The first-order valence-corrected chi connectivity index (χ1v) is 10.2. The molecule has 2 heterocycles. The summed E-state index contributed by atoms with van der Waals surface area (Å²) < 4.78 is 5.17. The minimum absolute atomic E-state index is 0.0395. The minimum atomic E-state index is -0.0846. The summed E-state index contributed by atoms with van der Waals surface area (Å²) in [6.07, 6.45) is 3.61. The maximum atomic E-state index is 12.8. The number of nitrogens with zero attached hydrogens (tertiary/aromatic N) is 3. The molecule has 6 nitrogen and oxygen atoms in total. The van der Waals surface area contributed by atoms with E-state index in [2.05, 4.69) is 34.3 Å². The van der Waals surface area contributed by atoms with Gasteiger partial charge in [0.2, 0.25) is 5.91 Å². The van der Waals surface area contributed by atoms with Crippen molar-refractivity contribution in [1.29, 1.82) is 0 Å². The van der Waals surface area contributed by atoms with Gasteiger partial charge in [-0.05, 0) is 50.1 Å². The first-order valence-electron chi connectivity index (χ1n) is 10.2. The molecule has 0 radical (unpaired) electrons. The summed E-state index contributed by atoms with van der Waals surface area (Å²) >= 11 is 0. The van der Waals surface area contributed by atoms with Gasteiger partial charge in [0.15, 0.2) is 5.82 Å². The highest BCUT2D eigenvalue weighted by Gasteiger charge is 2.27. The second-order valence-electron chi connectivity index (χ2n) is 7.61. The molecule has 1 saturated heterocycles. The van der Waals surface area contributed by atoms with Crippen LogP contribution >= 0.6 is 0 Å². The van der Waals surface area contributed by atoms with Crippen molar-refractivity contribution in [2.75, 3.05) is 30.4 Å². The van der Waals surface area contributed by atoms with E-state index >= 15 is 0 Å². The number of benzene rings is 2. The van der Waals surface area contributed by atoms with Crippen LogP contribution in [0.4, 0.5) is 11.5 Å². The quantitative estimate of drug-likeness (QED) is 0.689. The van der Waals surface area contributed by atoms with Crippen LogP contribution in [0, 0.1) is 12.8 Å². The molecule has 0 saturated carbocycles. The first kappa shape index (κ1) is 19.9. The van der Waals surface area contributed by atoms with Crippen LogP contribution in [-0.4, -0.2) is 36.1 Å². The highest BCUT2D eigenvalue weighted by atomic mass is 16.5. The summed E-state index contributed by atoms with van der Waals surface area (Å²) in [5, 5.41) is 3.02. The zero-order valence-corrected chi connectivity index (χ0v) is 17.3. The number of hydrogen-bond acceptors (Lipinski definition) is 5. The summed E-state index contributed by atoms with van der Waals surface area (Å²) in [5.74, 6) is 2.29. The summed E-state index contributed by atoms with van der Waals surface area (Å²) in [5.41, 5.74) is 2.98. The third kappa shape index (κ3) is 4.59. The van der Waals surface area contributed by atoms with Crippen LogP contribution in [0.5, 0.6) is 5.75 Å². The fourth-order valence-corrected chi connectivity index (χ4v) is 3.68. The van der Waals surface area contributed by atoms with Gasteiger partial charge < -0.3 is 15.0 Å². The van der Waals surface area contributed by atoms with E-state index < -0.39 is 0 Å². The SMILES string of the molecule is COc1ccc(NC(=O)C2CCCN(c3ccnc(-c4ccc(C)cc4)n3)C2)cc1. The Kier molecular flexibility index (Phi) is 5.93. The zero-order chi connectivity index (χ0) is 20.9. The molecule has 30 heavy (non-hydrogen) atoms. The van der Waals surface area contributed by atoms with Gasteiger partial charge in [-0.15, -0.1) is 0 Å². The molecule has 1 aliphatic heterocycles. The number of anilines is 2. The number of piperidine rings is 1. The Morgan fingerprint density at radius 1 is 1.10 bits per heavy atom. The van der Waals surface area contributed by atoms with E-state index in [1.165, 1.54) is 5.56 Å². The molecule has 0 bridgehead atoms. The Balaban J connectivity index is 1.45. The van der Waals surface area contributed by atoms with Crippen molar-refractivity contribution in [3.8, 4) is 17.1 Å². The smallest absolute Gasteiger partial charge is 0.229 e. The van der Waals surface area contributed by atoms with Crippen LogP contribution in [0.1, 0.15) is 18.4 Å². The maximum Gasteiger partial charge on any atom is 0.229 e. The third-order valence-electron chi connectivity index (χ3n) is 5.42. The lowest BCUT2D eigenvalue weighted by Gasteiger charge is -2.33. The van der Waals surface area contributed by atoms with Crippen molar-refractivity contribution in [2.45, 2.75) is 19.8 Å². The number of ether oxygens (including phenoxy) is 1. The summed E-state index contributed by atoms with van der Waals surface area (Å²) in [7, 11) is 1.63. The van der Waals surface area contributed by atoms with Gasteiger partial charge in [-0.2, -0.15) is 0 Å². The second-order valence-corrected chi connectivity index (χ2v) is 7.61. The molecule has 3 aromatic rings. The molecule has 1 atom stereocenters. The van der Waals surface area contributed by atoms with Gasteiger partial charge in [-0.3, -0.25) is 4.79 Å². The van der Waals surface area contributed by atoms with Crippen LogP contribution in [0.15, 0.2) is 60.8 Å². The monoisotopic (exact) mass is 402 g/mol. The number of aromatic nitrogens is 2. The summed E-state index contributed by atoms with van der Waals surface area (Å²) in [4.78, 5) is 24.2. The van der Waals surface area contributed by atoms with Crippen LogP contribution in [0.3, 0.4) is 0 Å². The number of aryl methyl sites for hydroxylation is 1. The predicted octanol–water partition coefficient (Wildman–Crippen LogP) is 4.32. The van der Waals surface area contributed by atoms with Gasteiger partial charge >= 0.3 is 0 Å². The van der Waals surface area contributed by atoms with Crippen molar-refractivity contribution >= 4 is 17.4 Å². The molecule has 154 valence electrons. The molecule has 1 aromatic heterocycles. The molecule has 2 aromatic carbocycles. The fourth-order valence-electron chi connectivity index (χ4n) is 3.68. The van der Waals surface area contributed by atoms with Crippen LogP contribution < -0.4 is 15.0 Å². The van der Waals surface area contributed by atoms with E-state index in [0.717, 1.165) is 42.2 Å². The lowest BCUT2D eigenvalue weighted by atomic mass is 9.97. The van der Waals surface area contributed by atoms with E-state index in [9.17, 15) is 4.79 Å². The molecule has 0 spiro atoms. The van der Waals surface area contributed by atoms with Gasteiger partial charge in [0, 0.05) is 30.5 Å². The topological polar surface area (TPSA) is 67.3 Å². The fraction of sp³-hybridized carbons (Fsp3) is 0.292. The Morgan fingerprint density at radius 3 is 2.60 bits per heavy atom. The molecular formula is C24H26N4O2. The van der Waals surface area contributed by atoms with Crippen LogP contribution in [0.2, 0.25) is 0 Å². The zero-order valence-electron chi connectivity index (χ0n) is 17.3. The second kappa shape index (κ2) is 8.95. The van der Waals surface area contributed by atoms with Gasteiger partial charge in [0.1, 0.15) is 11.6 Å². The molecule has 4 rings (SSSR count). The van der Waals surface area contributed by atoms with Crippen molar-refractivity contribution in [2.24, 2.45) is 5.92 Å². The minimum Gasteiger partial charge on any atom is -0.497 e. The normalized spacial score (nSPS) is 16.2. The highest BCUT2D eigenvalue weighted by molar-refractivity contribution is 5.93. The van der Waals surface area contributed by atoms with Crippen molar-refractivity contribution in [3.05, 3.63) is 66.4 Å². The lowest BCUT2D eigenvalue weighted by molar-refractivity contribution is -0.120. The number of methoxy groups -OCH3 is 1. The van der Waals surface area contributed by atoms with E-state index in [0.29, 0.717) is 12.4 Å². The van der Waals surface area contributed by atoms with E-state index in [4.69, 9.17) is 9.72 Å². The van der Waals surface area contributed by atoms with E-state index in [1.54, 1.807) is 13.3 Å². The summed E-state index contributed by atoms with van der Waals surface area (Å²) in [6, 6.07) is 17.5. The Hall–Kier alpha value is -3.41. The van der Waals surface area contributed by atoms with Crippen molar-refractivity contribution in [1.82, 2.24) is 9.97 Å². The Labute approximate surface area is 176 Å². The molecular weight excluding hydrogens is 376 g/mol. The number of rotatable bonds is 5. The molecule has 1 amide bonds. The molecule has 1 N–H and O–H groups in total. The van der Waals surface area contributed by atoms with Gasteiger partial charge in [-0.1, -0.05) is 29.8 Å². The number of carbonyl (C=O) groups is 1. The number of hydrogen-bond donors (Lipinski definition) is 1. The molecule has 1 fully saturated rings. The number of nitrogens with one attached hydrogen (secondary N) is 1. The van der Waals surface area contributed by atoms with E-state index in [1.807, 2.05) is 42.5 Å². The third-order valence-corrected chi connectivity index (χ3v) is 5.42. The highest BCUT2D eigenvalue weighted by Crippen LogP contribution is 2.25. The molecule has 1 unspecified atom stereocenters. The van der Waals surface area contributed by atoms with Crippen molar-refractivity contribution in [3.63, 3.8) is 0 Å². The first-order chi connectivity index (χ1) is 14.6. The lowest BCUT2D eigenvalue weighted by Crippen LogP contribution is -2.41. The Bertz CT molecular complexity index is 1000. The van der Waals surface area contributed by atoms with Gasteiger partial charge in [0.25, 0.3) is 0 Å². The van der Waals surface area contributed by atoms with Gasteiger partial charge in [-0.25, -0.2) is 9.97 Å². The molecule has 1 aliphatic rings. The maximum absolute atomic E-state index is 12.8. The average Bonchev–Trinajstić information content (AvgIpc) is 2.80. The number of carbonyl (C=O) groups excluding carboxylic acids is 1. The predicted molar refractivity (Wildman–Crippen MR) is 119 cm³/mol. The largest absolute Gasteiger partial charge is 0.497 e. The van der Waals surface area contributed by atoms with E-state index in [-0.39, 0.29) is 11.8 Å². The number of amides is 1. The Morgan fingerprint density at radius 2 is 1.87 bits per heavy atom. The molecule has 0 aliphatic carbocycles. The van der Waals surface area contributed by atoms with Crippen molar-refractivity contribution < 1.29 is 9.53 Å². The standard InChI is InChI=1S/C24H26N4O2/c1-17-5-7-18(8-6-17)23-25-14-13-22(27-23)28-15-3-4-19(16-28)24(29)26-20-9-11-21(30-2)12-10-20/h5-14,19H,3-4,15-16H2,1-2H3,(H,26,29). The van der Waals surface area contributed by atoms with Crippen LogP contribution in [0.25, 0.3) is 11.4 Å². The van der Waals surface area contributed by atoms with Gasteiger partial charge in [0.05, 0.1) is 13.0 Å². The van der Waals surface area contributed by atoms with Crippen LogP contribution in [-0.2, 0) is 4.79 Å². The summed E-state index contributed by atoms with van der Waals surface area (Å²) in [6.45, 7) is 3.59.